The zero-order chi connectivity index (χ0) is 14.2. The molecule has 1 aliphatic rings. The third-order valence-corrected chi connectivity index (χ3v) is 3.75. The molecule has 5 heteroatoms. The number of hydrogen-bond donors (Lipinski definition) is 2. The molecule has 0 unspecified atom stereocenters. The molecule has 5 nitrogen and oxygen atoms in total. The van der Waals surface area contributed by atoms with Crippen molar-refractivity contribution in [1.82, 2.24) is 9.80 Å². The first-order valence-electron chi connectivity index (χ1n) is 6.33. The fourth-order valence-electron chi connectivity index (χ4n) is 2.31. The van der Waals surface area contributed by atoms with Crippen molar-refractivity contribution in [3.8, 4) is 11.5 Å². The highest BCUT2D eigenvalue weighted by molar-refractivity contribution is 5.95. The summed E-state index contributed by atoms with van der Waals surface area (Å²) in [6.45, 7) is 6.26. The fourth-order valence-corrected chi connectivity index (χ4v) is 2.31. The zero-order valence-corrected chi connectivity index (χ0v) is 11.6. The number of carbonyl (C=O) groups excluding carboxylic acids is 1. The largest absolute Gasteiger partial charge is 0.508 e. The van der Waals surface area contributed by atoms with Gasteiger partial charge in [-0.1, -0.05) is 0 Å². The van der Waals surface area contributed by atoms with Gasteiger partial charge in [0, 0.05) is 36.8 Å². The van der Waals surface area contributed by atoms with Crippen LogP contribution in [0.4, 0.5) is 0 Å². The molecule has 1 fully saturated rings. The topological polar surface area (TPSA) is 64.0 Å². The summed E-state index contributed by atoms with van der Waals surface area (Å²) >= 11 is 0. The number of hydrogen-bond acceptors (Lipinski definition) is 4. The predicted octanol–water partition coefficient (Wildman–Crippen LogP) is 1.26. The van der Waals surface area contributed by atoms with Crippen molar-refractivity contribution in [1.29, 1.82) is 0 Å². The van der Waals surface area contributed by atoms with E-state index in [1.54, 1.807) is 4.90 Å². The third kappa shape index (κ3) is 2.81. The van der Waals surface area contributed by atoms with Gasteiger partial charge < -0.3 is 15.1 Å². The second-order valence-electron chi connectivity index (χ2n) is 5.70. The number of piperazine rings is 1. The fraction of sp³-hybridized carbons (Fsp3) is 0.500. The van der Waals surface area contributed by atoms with E-state index in [0.29, 0.717) is 18.7 Å². The molecule has 0 atom stereocenters. The van der Waals surface area contributed by atoms with Crippen LogP contribution in [0.2, 0.25) is 0 Å². The summed E-state index contributed by atoms with van der Waals surface area (Å²) in [7, 11) is 2.04. The van der Waals surface area contributed by atoms with E-state index in [0.717, 1.165) is 6.54 Å². The molecule has 1 amide bonds. The van der Waals surface area contributed by atoms with Gasteiger partial charge in [0.1, 0.15) is 11.5 Å². The Labute approximate surface area is 113 Å². The Bertz CT molecular complexity index is 479. The normalized spacial score (nSPS) is 19.4. The van der Waals surface area contributed by atoms with Crippen LogP contribution in [-0.2, 0) is 0 Å². The minimum Gasteiger partial charge on any atom is -0.508 e. The van der Waals surface area contributed by atoms with E-state index in [9.17, 15) is 15.0 Å². The molecule has 1 aliphatic heterocycles. The number of benzene rings is 1. The lowest BCUT2D eigenvalue weighted by Crippen LogP contribution is -2.58. The standard InChI is InChI=1S/C14H20N2O3/c1-14(2)9-16(5-4-15(14)3)13(19)10-6-11(17)8-12(18)7-10/h6-8,17-18H,4-5,9H2,1-3H3. The van der Waals surface area contributed by atoms with Gasteiger partial charge in [0.15, 0.2) is 0 Å². The average Bonchev–Trinajstić information content (AvgIpc) is 2.30. The molecule has 104 valence electrons. The van der Waals surface area contributed by atoms with Gasteiger partial charge in [-0.2, -0.15) is 0 Å². The number of aromatic hydroxyl groups is 2. The monoisotopic (exact) mass is 264 g/mol. The van der Waals surface area contributed by atoms with E-state index in [-0.39, 0.29) is 22.9 Å². The summed E-state index contributed by atoms with van der Waals surface area (Å²) in [5.41, 5.74) is 0.241. The average molecular weight is 264 g/mol. The van der Waals surface area contributed by atoms with Crippen molar-refractivity contribution in [2.24, 2.45) is 0 Å². The van der Waals surface area contributed by atoms with Gasteiger partial charge in [0.05, 0.1) is 0 Å². The Hall–Kier alpha value is -1.75. The first kappa shape index (κ1) is 13.7. The third-order valence-electron chi connectivity index (χ3n) is 3.75. The number of phenolic OH excluding ortho intramolecular Hbond substituents is 2. The maximum Gasteiger partial charge on any atom is 0.254 e. The molecular formula is C14H20N2O3. The van der Waals surface area contributed by atoms with Crippen molar-refractivity contribution in [2.45, 2.75) is 19.4 Å². The van der Waals surface area contributed by atoms with E-state index < -0.39 is 0 Å². The highest BCUT2D eigenvalue weighted by Crippen LogP contribution is 2.24. The Morgan fingerprint density at radius 2 is 1.74 bits per heavy atom. The highest BCUT2D eigenvalue weighted by atomic mass is 16.3. The van der Waals surface area contributed by atoms with Crippen LogP contribution in [0.25, 0.3) is 0 Å². The molecule has 0 bridgehead atoms. The van der Waals surface area contributed by atoms with E-state index >= 15 is 0 Å². The molecule has 1 aromatic rings. The van der Waals surface area contributed by atoms with Crippen LogP contribution in [0.15, 0.2) is 18.2 Å². The molecule has 0 aliphatic carbocycles. The molecule has 0 aromatic heterocycles. The Morgan fingerprint density at radius 3 is 2.26 bits per heavy atom. The number of likely N-dealkylation sites (N-methyl/N-ethyl adjacent to an activating group) is 1. The Kier molecular flexibility index (Phi) is 3.41. The molecule has 1 saturated heterocycles. The summed E-state index contributed by atoms with van der Waals surface area (Å²) in [4.78, 5) is 16.4. The molecule has 2 rings (SSSR count). The summed E-state index contributed by atoms with van der Waals surface area (Å²) in [6.07, 6.45) is 0. The number of amides is 1. The first-order valence-corrected chi connectivity index (χ1v) is 6.33. The quantitative estimate of drug-likeness (QED) is 0.801. The summed E-state index contributed by atoms with van der Waals surface area (Å²) in [5, 5.41) is 18.9. The number of carbonyl (C=O) groups is 1. The lowest BCUT2D eigenvalue weighted by molar-refractivity contribution is 0.0311. The van der Waals surface area contributed by atoms with E-state index in [1.807, 2.05) is 7.05 Å². The van der Waals surface area contributed by atoms with Crippen LogP contribution in [-0.4, -0.2) is 58.1 Å². The van der Waals surface area contributed by atoms with Crippen LogP contribution < -0.4 is 0 Å². The van der Waals surface area contributed by atoms with E-state index in [4.69, 9.17) is 0 Å². The molecule has 0 saturated carbocycles. The van der Waals surface area contributed by atoms with Gasteiger partial charge in [-0.25, -0.2) is 0 Å². The van der Waals surface area contributed by atoms with Crippen LogP contribution in [0.1, 0.15) is 24.2 Å². The molecule has 2 N–H and O–H groups in total. The van der Waals surface area contributed by atoms with Crippen LogP contribution in [0.5, 0.6) is 11.5 Å². The van der Waals surface area contributed by atoms with Crippen molar-refractivity contribution >= 4 is 5.91 Å². The zero-order valence-electron chi connectivity index (χ0n) is 11.6. The van der Waals surface area contributed by atoms with E-state index in [2.05, 4.69) is 18.7 Å². The maximum absolute atomic E-state index is 12.4. The van der Waals surface area contributed by atoms with Gasteiger partial charge in [0.25, 0.3) is 5.91 Å². The summed E-state index contributed by atoms with van der Waals surface area (Å²) < 4.78 is 0. The molecule has 0 radical (unpaired) electrons. The Morgan fingerprint density at radius 1 is 1.16 bits per heavy atom. The number of phenols is 2. The van der Waals surface area contributed by atoms with Crippen molar-refractivity contribution in [3.63, 3.8) is 0 Å². The minimum absolute atomic E-state index is 0.0766. The van der Waals surface area contributed by atoms with Crippen LogP contribution >= 0.6 is 0 Å². The van der Waals surface area contributed by atoms with Crippen molar-refractivity contribution in [2.75, 3.05) is 26.7 Å². The van der Waals surface area contributed by atoms with Crippen LogP contribution in [0.3, 0.4) is 0 Å². The molecular weight excluding hydrogens is 244 g/mol. The smallest absolute Gasteiger partial charge is 0.254 e. The van der Waals surface area contributed by atoms with Crippen LogP contribution in [0, 0.1) is 0 Å². The summed E-state index contributed by atoms with van der Waals surface area (Å²) in [5.74, 6) is -0.360. The lowest BCUT2D eigenvalue weighted by Gasteiger charge is -2.45. The number of nitrogens with zero attached hydrogens (tertiary/aromatic N) is 2. The molecule has 1 aromatic carbocycles. The summed E-state index contributed by atoms with van der Waals surface area (Å²) in [6, 6.07) is 3.98. The van der Waals surface area contributed by atoms with Gasteiger partial charge in [-0.3, -0.25) is 9.69 Å². The van der Waals surface area contributed by atoms with Crippen molar-refractivity contribution in [3.05, 3.63) is 23.8 Å². The molecule has 19 heavy (non-hydrogen) atoms. The highest BCUT2D eigenvalue weighted by Gasteiger charge is 2.33. The first-order chi connectivity index (χ1) is 8.79. The van der Waals surface area contributed by atoms with E-state index in [1.165, 1.54) is 18.2 Å². The van der Waals surface area contributed by atoms with Gasteiger partial charge in [-0.15, -0.1) is 0 Å². The SMILES string of the molecule is CN1CCN(C(=O)c2cc(O)cc(O)c2)CC1(C)C. The lowest BCUT2D eigenvalue weighted by atomic mass is 9.99. The predicted molar refractivity (Wildman–Crippen MR) is 72.4 cm³/mol. The Balaban J connectivity index is 2.20. The van der Waals surface area contributed by atoms with Gasteiger partial charge in [0.2, 0.25) is 0 Å². The van der Waals surface area contributed by atoms with Gasteiger partial charge in [-0.05, 0) is 33.0 Å². The minimum atomic E-state index is -0.160. The van der Waals surface area contributed by atoms with Crippen molar-refractivity contribution < 1.29 is 15.0 Å². The second-order valence-corrected chi connectivity index (χ2v) is 5.70. The number of rotatable bonds is 1. The van der Waals surface area contributed by atoms with Gasteiger partial charge >= 0.3 is 0 Å². The maximum atomic E-state index is 12.4. The molecule has 1 heterocycles. The second kappa shape index (κ2) is 4.74. The molecule has 0 spiro atoms.